The molecule has 4 aliphatic rings. The average molecular weight is 380 g/mol. The van der Waals surface area contributed by atoms with Gasteiger partial charge in [-0.1, -0.05) is 0 Å². The third-order valence-electron chi connectivity index (χ3n) is 4.61. The Morgan fingerprint density at radius 3 is 1.78 bits per heavy atom. The molecule has 4 rings (SSSR count). The van der Waals surface area contributed by atoms with E-state index in [-0.39, 0.29) is 6.61 Å². The van der Waals surface area contributed by atoms with Crippen molar-refractivity contribution >= 4 is 25.9 Å². The highest BCUT2D eigenvalue weighted by atomic mass is 32.4. The SMILES string of the molecule is O=P(N(CCO)CCNP(=S)(N1CC1)N1CC1)(N1CC1)N1CC1. The van der Waals surface area contributed by atoms with Crippen LogP contribution in [0, 0.1) is 0 Å². The first-order valence-electron chi connectivity index (χ1n) is 8.42. The number of aliphatic hydroxyl groups excluding tert-OH is 1. The highest BCUT2D eigenvalue weighted by Gasteiger charge is 2.51. The highest BCUT2D eigenvalue weighted by Crippen LogP contribution is 2.62. The van der Waals surface area contributed by atoms with E-state index in [4.69, 9.17) is 11.8 Å². The molecule has 0 spiro atoms. The normalized spacial score (nSPS) is 26.0. The number of rotatable bonds is 11. The van der Waals surface area contributed by atoms with Gasteiger partial charge in [0.2, 0.25) is 0 Å². The summed E-state index contributed by atoms with van der Waals surface area (Å²) in [5.74, 6) is 0. The summed E-state index contributed by atoms with van der Waals surface area (Å²) >= 11 is 5.91. The van der Waals surface area contributed by atoms with Crippen molar-refractivity contribution in [3.63, 3.8) is 0 Å². The third-order valence-corrected chi connectivity index (χ3v) is 12.8. The van der Waals surface area contributed by atoms with E-state index < -0.39 is 14.1 Å². The number of nitrogens with one attached hydrogen (secondary N) is 1. The van der Waals surface area contributed by atoms with Crippen molar-refractivity contribution in [3.05, 3.63) is 0 Å². The van der Waals surface area contributed by atoms with Gasteiger partial charge in [-0.2, -0.15) is 0 Å². The van der Waals surface area contributed by atoms with Crippen molar-refractivity contribution in [1.29, 1.82) is 0 Å². The van der Waals surface area contributed by atoms with Crippen molar-refractivity contribution in [2.75, 3.05) is 78.6 Å². The highest BCUT2D eigenvalue weighted by molar-refractivity contribution is 8.11. The largest absolute Gasteiger partial charge is 0.395 e. The van der Waals surface area contributed by atoms with Gasteiger partial charge in [0.25, 0.3) is 7.59 Å². The summed E-state index contributed by atoms with van der Waals surface area (Å²) in [7, 11) is -2.61. The summed E-state index contributed by atoms with van der Waals surface area (Å²) in [5.41, 5.74) is 0. The predicted molar refractivity (Wildman–Crippen MR) is 94.8 cm³/mol. The summed E-state index contributed by atoms with van der Waals surface area (Å²) in [6.45, 7) is 8.18. The van der Waals surface area contributed by atoms with Gasteiger partial charge in [-0.05, 0) is 11.8 Å². The molecule has 8 nitrogen and oxygen atoms in total. The van der Waals surface area contributed by atoms with Crippen LogP contribution in [0.15, 0.2) is 0 Å². The molecular formula is C12H26N6O2P2S. The van der Waals surface area contributed by atoms with Crippen LogP contribution in [0.3, 0.4) is 0 Å². The standard InChI is InChI=1S/C12H26N6O2P2S/c19-12-11-16(22(20,17-7-8-17)18-9-10-18)2-1-13-21(23,14-3-4-14)15-5-6-15/h19H,1-12H2,(H,13,23). The van der Waals surface area contributed by atoms with Crippen LogP contribution in [0.2, 0.25) is 0 Å². The zero-order chi connectivity index (χ0) is 16.1. The van der Waals surface area contributed by atoms with Gasteiger partial charge in [0.05, 0.1) is 6.61 Å². The van der Waals surface area contributed by atoms with E-state index >= 15 is 0 Å². The molecule has 0 amide bonds. The number of hydrogen-bond donors (Lipinski definition) is 2. The van der Waals surface area contributed by atoms with Crippen LogP contribution >= 0.6 is 14.1 Å². The maximum Gasteiger partial charge on any atom is 0.287 e. The van der Waals surface area contributed by atoms with Gasteiger partial charge in [-0.25, -0.2) is 23.4 Å². The van der Waals surface area contributed by atoms with Gasteiger partial charge in [-0.15, -0.1) is 0 Å². The maximum absolute atomic E-state index is 13.5. The monoisotopic (exact) mass is 380 g/mol. The Bertz CT molecular complexity index is 518. The van der Waals surface area contributed by atoms with Gasteiger partial charge < -0.3 is 5.11 Å². The van der Waals surface area contributed by atoms with E-state index in [1.54, 1.807) is 0 Å². The summed E-state index contributed by atoms with van der Waals surface area (Å²) < 4.78 is 24.3. The Morgan fingerprint density at radius 2 is 1.39 bits per heavy atom. The molecule has 23 heavy (non-hydrogen) atoms. The summed E-state index contributed by atoms with van der Waals surface area (Å²) in [5, 5.41) is 13.0. The molecule has 4 saturated heterocycles. The Balaban J connectivity index is 1.38. The molecule has 0 aromatic rings. The molecule has 11 heteroatoms. The second-order valence-corrected chi connectivity index (χ2v) is 13.2. The molecule has 4 aliphatic heterocycles. The number of aliphatic hydroxyl groups is 1. The minimum absolute atomic E-state index is 0.0398. The minimum Gasteiger partial charge on any atom is -0.395 e. The van der Waals surface area contributed by atoms with Crippen LogP contribution in [0.1, 0.15) is 0 Å². The Labute approximate surface area is 143 Å². The lowest BCUT2D eigenvalue weighted by Gasteiger charge is -2.33. The maximum atomic E-state index is 13.5. The predicted octanol–water partition coefficient (Wildman–Crippen LogP) is -0.535. The summed E-state index contributed by atoms with van der Waals surface area (Å²) in [4.78, 5) is 0. The van der Waals surface area contributed by atoms with Crippen molar-refractivity contribution in [2.45, 2.75) is 0 Å². The van der Waals surface area contributed by atoms with E-state index in [9.17, 15) is 9.67 Å². The van der Waals surface area contributed by atoms with Crippen LogP contribution in [0.5, 0.6) is 0 Å². The molecule has 2 N–H and O–H groups in total. The minimum atomic E-state index is -2.61. The molecule has 0 aromatic carbocycles. The Kier molecular flexibility index (Phi) is 4.74. The van der Waals surface area contributed by atoms with Crippen LogP contribution in [0.25, 0.3) is 0 Å². The Morgan fingerprint density at radius 1 is 0.913 bits per heavy atom. The molecular weight excluding hydrogens is 354 g/mol. The first-order chi connectivity index (χ1) is 11.1. The summed E-state index contributed by atoms with van der Waals surface area (Å²) in [6.07, 6.45) is 0. The van der Waals surface area contributed by atoms with Crippen molar-refractivity contribution < 1.29 is 9.67 Å². The smallest absolute Gasteiger partial charge is 0.287 e. The van der Waals surface area contributed by atoms with Crippen LogP contribution in [0.4, 0.5) is 0 Å². The van der Waals surface area contributed by atoms with Crippen molar-refractivity contribution in [3.8, 4) is 0 Å². The fraction of sp³-hybridized carbons (Fsp3) is 1.00. The van der Waals surface area contributed by atoms with Crippen molar-refractivity contribution in [2.24, 2.45) is 0 Å². The quantitative estimate of drug-likeness (QED) is 0.364. The van der Waals surface area contributed by atoms with Gasteiger partial charge in [0.15, 0.2) is 0 Å². The molecule has 4 fully saturated rings. The molecule has 0 saturated carbocycles. The summed E-state index contributed by atoms with van der Waals surface area (Å²) in [6, 6.07) is 0. The molecule has 0 unspecified atom stereocenters. The van der Waals surface area contributed by atoms with E-state index in [1.165, 1.54) is 0 Å². The lowest BCUT2D eigenvalue weighted by molar-refractivity contribution is 0.245. The van der Waals surface area contributed by atoms with Gasteiger partial charge in [0, 0.05) is 72.0 Å². The third kappa shape index (κ3) is 3.47. The van der Waals surface area contributed by atoms with Crippen LogP contribution in [-0.4, -0.2) is 107 Å². The molecule has 0 radical (unpaired) electrons. The number of nitrogens with zero attached hydrogens (tertiary/aromatic N) is 5. The molecule has 0 aromatic heterocycles. The fourth-order valence-electron chi connectivity index (χ4n) is 2.97. The van der Waals surface area contributed by atoms with Gasteiger partial charge in [-0.3, -0.25) is 9.65 Å². The second kappa shape index (κ2) is 6.40. The van der Waals surface area contributed by atoms with E-state index in [0.29, 0.717) is 13.1 Å². The van der Waals surface area contributed by atoms with E-state index in [1.807, 2.05) is 4.67 Å². The second-order valence-electron chi connectivity index (χ2n) is 6.46. The molecule has 0 bridgehead atoms. The van der Waals surface area contributed by atoms with E-state index in [2.05, 4.69) is 23.8 Å². The lowest BCUT2D eigenvalue weighted by atomic mass is 10.6. The first kappa shape index (κ1) is 17.0. The Hall–Kier alpha value is 0.600. The average Bonchev–Trinajstić information content (AvgIpc) is 3.45. The zero-order valence-electron chi connectivity index (χ0n) is 13.4. The van der Waals surface area contributed by atoms with E-state index in [0.717, 1.165) is 58.9 Å². The number of hydrogen-bond acceptors (Lipinski definition) is 3. The molecule has 132 valence electrons. The van der Waals surface area contributed by atoms with Crippen LogP contribution < -0.4 is 5.09 Å². The molecule has 0 atom stereocenters. The zero-order valence-corrected chi connectivity index (χ0v) is 16.0. The van der Waals surface area contributed by atoms with Gasteiger partial charge >= 0.3 is 0 Å². The molecule has 0 aliphatic carbocycles. The lowest BCUT2D eigenvalue weighted by Crippen LogP contribution is -2.36. The van der Waals surface area contributed by atoms with Gasteiger partial charge in [0.1, 0.15) is 6.49 Å². The topological polar surface area (TPSA) is 64.6 Å². The molecule has 4 heterocycles. The van der Waals surface area contributed by atoms with Crippen LogP contribution in [-0.2, 0) is 16.4 Å². The fourth-order valence-corrected chi connectivity index (χ4v) is 9.64. The first-order valence-corrected chi connectivity index (χ1v) is 12.7. The van der Waals surface area contributed by atoms with Crippen molar-refractivity contribution in [1.82, 2.24) is 28.4 Å².